The Morgan fingerprint density at radius 1 is 0.872 bits per heavy atom. The Kier molecular flexibility index (Phi) is 8.08. The maximum Gasteiger partial charge on any atom is 0.269 e. The highest BCUT2D eigenvalue weighted by molar-refractivity contribution is 5.85. The van der Waals surface area contributed by atoms with Gasteiger partial charge in [-0.2, -0.15) is 0 Å². The number of rotatable bonds is 10. The van der Waals surface area contributed by atoms with Crippen LogP contribution in [0.2, 0.25) is 0 Å². The molecule has 1 aliphatic heterocycles. The van der Waals surface area contributed by atoms with E-state index in [-0.39, 0.29) is 11.1 Å². The number of aromatic nitrogens is 1. The fourth-order valence-corrected chi connectivity index (χ4v) is 5.70. The van der Waals surface area contributed by atoms with Crippen LogP contribution in [0.1, 0.15) is 30.4 Å². The summed E-state index contributed by atoms with van der Waals surface area (Å²) >= 11 is 0. The molecule has 4 aromatic rings. The third-order valence-electron chi connectivity index (χ3n) is 7.81. The van der Waals surface area contributed by atoms with E-state index < -0.39 is 4.92 Å². The van der Waals surface area contributed by atoms with Gasteiger partial charge in [-0.25, -0.2) is 0 Å². The van der Waals surface area contributed by atoms with Crippen LogP contribution in [0, 0.1) is 10.1 Å². The molecule has 0 unspecified atom stereocenters. The van der Waals surface area contributed by atoms with E-state index in [1.807, 2.05) is 6.07 Å². The fraction of sp³-hybridized carbons (Fsp3) is 0.250. The van der Waals surface area contributed by atoms with Gasteiger partial charge in [-0.15, -0.1) is 0 Å². The summed E-state index contributed by atoms with van der Waals surface area (Å²) in [6, 6.07) is 31.6. The van der Waals surface area contributed by atoms with Gasteiger partial charge in [-0.3, -0.25) is 19.9 Å². The van der Waals surface area contributed by atoms with E-state index in [0.717, 1.165) is 50.9 Å². The van der Waals surface area contributed by atoms with E-state index >= 15 is 0 Å². The van der Waals surface area contributed by atoms with Crippen LogP contribution >= 0.6 is 0 Å². The molecule has 0 atom stereocenters. The van der Waals surface area contributed by atoms with Crippen molar-refractivity contribution in [3.8, 4) is 11.3 Å². The lowest BCUT2D eigenvalue weighted by Crippen LogP contribution is -2.44. The Morgan fingerprint density at radius 2 is 1.49 bits per heavy atom. The summed E-state index contributed by atoms with van der Waals surface area (Å²) in [6.45, 7) is 3.45. The van der Waals surface area contributed by atoms with Gasteiger partial charge >= 0.3 is 0 Å². The molecule has 1 aliphatic rings. The molecule has 0 spiro atoms. The van der Waals surface area contributed by atoms with Crippen LogP contribution in [-0.2, 0) is 10.2 Å². The van der Waals surface area contributed by atoms with Crippen molar-refractivity contribution in [3.63, 3.8) is 0 Å². The standard InChI is InChI=1S/C32H32N4O3/c37-25-35(30-13-7-20-33-31(30)26-14-16-29(17-15-26)36(38)39)22-8-21-34-23-18-32(19-24-34,27-9-3-1-4-10-27)28-11-5-2-6-12-28/h1-7,9-17,20,25H,8,18-19,21-24H2. The zero-order chi connectivity index (χ0) is 27.1. The number of carbonyl (C=O) groups is 1. The first-order valence-corrected chi connectivity index (χ1v) is 13.4. The molecule has 0 saturated carbocycles. The van der Waals surface area contributed by atoms with Crippen LogP contribution in [0.3, 0.4) is 0 Å². The van der Waals surface area contributed by atoms with Gasteiger partial charge in [0.2, 0.25) is 6.41 Å². The molecule has 198 valence electrons. The third kappa shape index (κ3) is 5.73. The normalized spacial score (nSPS) is 15.0. The van der Waals surface area contributed by atoms with E-state index in [2.05, 4.69) is 70.5 Å². The Morgan fingerprint density at radius 3 is 2.05 bits per heavy atom. The molecule has 0 radical (unpaired) electrons. The molecular formula is C32H32N4O3. The number of pyridine rings is 1. The molecule has 0 aliphatic carbocycles. The third-order valence-corrected chi connectivity index (χ3v) is 7.81. The van der Waals surface area contributed by atoms with E-state index in [0.29, 0.717) is 17.9 Å². The summed E-state index contributed by atoms with van der Waals surface area (Å²) in [5, 5.41) is 11.0. The van der Waals surface area contributed by atoms with Gasteiger partial charge in [-0.1, -0.05) is 60.7 Å². The second kappa shape index (κ2) is 12.0. The first kappa shape index (κ1) is 26.3. The summed E-state index contributed by atoms with van der Waals surface area (Å²) in [5.41, 5.74) is 4.85. The molecule has 1 saturated heterocycles. The molecule has 1 fully saturated rings. The number of piperidine rings is 1. The first-order chi connectivity index (χ1) is 19.1. The number of anilines is 1. The minimum atomic E-state index is -0.425. The number of nitro benzene ring substituents is 1. The largest absolute Gasteiger partial charge is 0.313 e. The Labute approximate surface area is 228 Å². The molecule has 7 nitrogen and oxygen atoms in total. The topological polar surface area (TPSA) is 79.6 Å². The SMILES string of the molecule is O=CN(CCCN1CCC(c2ccccc2)(c2ccccc2)CC1)c1cccnc1-c1ccc([N+](=O)[O-])cc1. The van der Waals surface area contributed by atoms with Gasteiger partial charge in [-0.05, 0) is 74.3 Å². The predicted octanol–water partition coefficient (Wildman–Crippen LogP) is 6.09. The number of hydrogen-bond donors (Lipinski definition) is 0. The number of non-ortho nitro benzene ring substituents is 1. The average Bonchev–Trinajstić information content (AvgIpc) is 3.01. The summed E-state index contributed by atoms with van der Waals surface area (Å²) in [7, 11) is 0. The van der Waals surface area contributed by atoms with Crippen LogP contribution in [0.4, 0.5) is 11.4 Å². The van der Waals surface area contributed by atoms with Gasteiger partial charge in [0.15, 0.2) is 0 Å². The number of amides is 1. The molecule has 0 N–H and O–H groups in total. The predicted molar refractivity (Wildman–Crippen MR) is 154 cm³/mol. The van der Waals surface area contributed by atoms with Gasteiger partial charge in [0.1, 0.15) is 0 Å². The highest BCUT2D eigenvalue weighted by atomic mass is 16.6. The second-order valence-electron chi connectivity index (χ2n) is 9.98. The maximum atomic E-state index is 12.1. The Bertz CT molecular complexity index is 1340. The van der Waals surface area contributed by atoms with E-state index in [9.17, 15) is 14.9 Å². The van der Waals surface area contributed by atoms with Crippen molar-refractivity contribution in [1.82, 2.24) is 9.88 Å². The number of carbonyl (C=O) groups excluding carboxylic acids is 1. The van der Waals surface area contributed by atoms with Crippen LogP contribution in [0.25, 0.3) is 11.3 Å². The highest BCUT2D eigenvalue weighted by Gasteiger charge is 2.37. The summed E-state index contributed by atoms with van der Waals surface area (Å²) < 4.78 is 0. The summed E-state index contributed by atoms with van der Waals surface area (Å²) in [6.07, 6.45) is 5.44. The smallest absolute Gasteiger partial charge is 0.269 e. The minimum absolute atomic E-state index is 0.0171. The number of benzene rings is 3. The number of likely N-dealkylation sites (tertiary alicyclic amines) is 1. The van der Waals surface area contributed by atoms with E-state index in [1.165, 1.54) is 23.3 Å². The van der Waals surface area contributed by atoms with Crippen molar-refractivity contribution in [1.29, 1.82) is 0 Å². The van der Waals surface area contributed by atoms with E-state index in [4.69, 9.17) is 0 Å². The van der Waals surface area contributed by atoms with Gasteiger partial charge in [0, 0.05) is 35.9 Å². The summed E-state index contributed by atoms with van der Waals surface area (Å²) in [5.74, 6) is 0. The fourth-order valence-electron chi connectivity index (χ4n) is 5.70. The van der Waals surface area contributed by atoms with Crippen molar-refractivity contribution >= 4 is 17.8 Å². The first-order valence-electron chi connectivity index (χ1n) is 13.4. The minimum Gasteiger partial charge on any atom is -0.313 e. The number of nitro groups is 1. The lowest BCUT2D eigenvalue weighted by Gasteiger charge is -2.43. The molecule has 2 heterocycles. The molecule has 0 bridgehead atoms. The lowest BCUT2D eigenvalue weighted by atomic mass is 9.68. The molecule has 1 amide bonds. The van der Waals surface area contributed by atoms with E-state index in [1.54, 1.807) is 29.3 Å². The number of nitrogens with zero attached hydrogens (tertiary/aromatic N) is 4. The van der Waals surface area contributed by atoms with Crippen LogP contribution < -0.4 is 4.90 Å². The zero-order valence-electron chi connectivity index (χ0n) is 21.9. The van der Waals surface area contributed by atoms with Crippen molar-refractivity contribution < 1.29 is 9.72 Å². The Hall–Kier alpha value is -4.36. The van der Waals surface area contributed by atoms with Crippen molar-refractivity contribution in [2.24, 2.45) is 0 Å². The monoisotopic (exact) mass is 520 g/mol. The van der Waals surface area contributed by atoms with Crippen molar-refractivity contribution in [2.45, 2.75) is 24.7 Å². The van der Waals surface area contributed by atoms with Crippen LogP contribution in [0.15, 0.2) is 103 Å². The van der Waals surface area contributed by atoms with Gasteiger partial charge < -0.3 is 9.80 Å². The number of hydrogen-bond acceptors (Lipinski definition) is 5. The highest BCUT2D eigenvalue weighted by Crippen LogP contribution is 2.41. The Balaban J connectivity index is 1.24. The average molecular weight is 521 g/mol. The molecule has 7 heteroatoms. The molecular weight excluding hydrogens is 488 g/mol. The second-order valence-corrected chi connectivity index (χ2v) is 9.98. The maximum absolute atomic E-state index is 12.1. The molecule has 5 rings (SSSR count). The van der Waals surface area contributed by atoms with Gasteiger partial charge in [0.25, 0.3) is 5.69 Å². The zero-order valence-corrected chi connectivity index (χ0v) is 21.9. The molecule has 1 aromatic heterocycles. The lowest BCUT2D eigenvalue weighted by molar-refractivity contribution is -0.384. The van der Waals surface area contributed by atoms with Crippen LogP contribution in [0.5, 0.6) is 0 Å². The van der Waals surface area contributed by atoms with Gasteiger partial charge in [0.05, 0.1) is 16.3 Å². The molecule has 3 aromatic carbocycles. The summed E-state index contributed by atoms with van der Waals surface area (Å²) in [4.78, 5) is 31.4. The quantitative estimate of drug-likeness (QED) is 0.144. The molecule has 39 heavy (non-hydrogen) atoms. The van der Waals surface area contributed by atoms with Crippen LogP contribution in [-0.4, -0.2) is 47.4 Å². The van der Waals surface area contributed by atoms with Crippen molar-refractivity contribution in [3.05, 3.63) is 124 Å². The van der Waals surface area contributed by atoms with Crippen molar-refractivity contribution in [2.75, 3.05) is 31.1 Å².